The van der Waals surface area contributed by atoms with E-state index in [1.54, 1.807) is 6.92 Å². The van der Waals surface area contributed by atoms with E-state index in [0.29, 0.717) is 11.3 Å². The number of carbonyl (C=O) groups excluding carboxylic acids is 1. The maximum atomic E-state index is 11.7. The van der Waals surface area contributed by atoms with Crippen LogP contribution >= 0.6 is 0 Å². The highest BCUT2D eigenvalue weighted by atomic mass is 16.6. The molecule has 3 heterocycles. The summed E-state index contributed by atoms with van der Waals surface area (Å²) in [6, 6.07) is 0. The highest BCUT2D eigenvalue weighted by molar-refractivity contribution is 5.75. The molecule has 0 atom stereocenters. The zero-order valence-corrected chi connectivity index (χ0v) is 9.56. The van der Waals surface area contributed by atoms with E-state index in [2.05, 4.69) is 16.3 Å². The Kier molecular flexibility index (Phi) is 2.11. The second kappa shape index (κ2) is 3.42. The molecule has 1 N–H and O–H groups in total. The topological polar surface area (TPSA) is 72.3 Å². The van der Waals surface area contributed by atoms with Crippen molar-refractivity contribution in [1.82, 2.24) is 9.97 Å². The summed E-state index contributed by atoms with van der Waals surface area (Å²) in [6.07, 6.45) is 5.63. The SMILES string of the molecule is Cc1c(O)n[c]nc1C12CCC(CC1)C(=O)O2. The Labute approximate surface area is 98.8 Å². The minimum absolute atomic E-state index is 0.0524. The molecule has 0 aromatic carbocycles. The first-order valence-electron chi connectivity index (χ1n) is 5.79. The van der Waals surface area contributed by atoms with Crippen LogP contribution in [0.15, 0.2) is 0 Å². The molecule has 89 valence electrons. The number of nitrogens with zero attached hydrogens (tertiary/aromatic N) is 2. The van der Waals surface area contributed by atoms with Gasteiger partial charge in [-0.25, -0.2) is 4.98 Å². The van der Waals surface area contributed by atoms with Gasteiger partial charge in [-0.2, -0.15) is 4.98 Å². The molecule has 1 saturated carbocycles. The zero-order valence-electron chi connectivity index (χ0n) is 9.56. The molecule has 0 amide bonds. The van der Waals surface area contributed by atoms with E-state index in [-0.39, 0.29) is 17.8 Å². The van der Waals surface area contributed by atoms with Gasteiger partial charge in [0.05, 0.1) is 11.6 Å². The summed E-state index contributed by atoms with van der Waals surface area (Å²) in [5.41, 5.74) is 0.528. The largest absolute Gasteiger partial charge is 0.493 e. The van der Waals surface area contributed by atoms with Crippen molar-refractivity contribution >= 4 is 5.97 Å². The van der Waals surface area contributed by atoms with E-state index >= 15 is 0 Å². The fourth-order valence-corrected chi connectivity index (χ4v) is 2.82. The zero-order chi connectivity index (χ0) is 12.0. The molecule has 1 aromatic heterocycles. The number of aromatic nitrogens is 2. The summed E-state index contributed by atoms with van der Waals surface area (Å²) < 4.78 is 5.53. The van der Waals surface area contributed by atoms with Crippen molar-refractivity contribution in [3.8, 4) is 5.88 Å². The van der Waals surface area contributed by atoms with E-state index < -0.39 is 5.60 Å². The lowest BCUT2D eigenvalue weighted by Crippen LogP contribution is -2.46. The van der Waals surface area contributed by atoms with Gasteiger partial charge in [-0.1, -0.05) is 0 Å². The molecule has 3 aliphatic rings. The Morgan fingerprint density at radius 1 is 1.41 bits per heavy atom. The molecule has 5 nitrogen and oxygen atoms in total. The molecular weight excluding hydrogens is 220 g/mol. The first kappa shape index (κ1) is 10.5. The average molecular weight is 233 g/mol. The molecule has 3 fully saturated rings. The normalized spacial score (nSPS) is 31.4. The fraction of sp³-hybridized carbons (Fsp3) is 0.583. The number of esters is 1. The number of rotatable bonds is 1. The van der Waals surface area contributed by atoms with Crippen LogP contribution in [0.3, 0.4) is 0 Å². The van der Waals surface area contributed by atoms with E-state index in [0.717, 1.165) is 25.7 Å². The lowest BCUT2D eigenvalue weighted by molar-refractivity contribution is -0.191. The first-order chi connectivity index (χ1) is 8.12. The van der Waals surface area contributed by atoms with Crippen molar-refractivity contribution in [1.29, 1.82) is 0 Å². The van der Waals surface area contributed by atoms with Crippen molar-refractivity contribution in [2.45, 2.75) is 38.2 Å². The lowest BCUT2D eigenvalue weighted by atomic mass is 9.73. The number of aromatic hydroxyl groups is 1. The molecule has 1 aliphatic carbocycles. The Hall–Kier alpha value is -1.65. The molecule has 4 rings (SSSR count). The van der Waals surface area contributed by atoms with Crippen molar-refractivity contribution in [2.24, 2.45) is 5.92 Å². The van der Waals surface area contributed by atoms with E-state index in [9.17, 15) is 9.90 Å². The van der Waals surface area contributed by atoms with Crippen molar-refractivity contribution < 1.29 is 14.6 Å². The van der Waals surface area contributed by atoms with Crippen molar-refractivity contribution in [3.63, 3.8) is 0 Å². The first-order valence-corrected chi connectivity index (χ1v) is 5.79. The summed E-state index contributed by atoms with van der Waals surface area (Å²) in [5, 5.41) is 9.60. The number of hydrogen-bond donors (Lipinski definition) is 1. The van der Waals surface area contributed by atoms with Crippen LogP contribution in [-0.4, -0.2) is 21.0 Å². The second-order valence-corrected chi connectivity index (χ2v) is 4.81. The molecule has 2 saturated heterocycles. The average Bonchev–Trinajstić information content (AvgIpc) is 2.33. The summed E-state index contributed by atoms with van der Waals surface area (Å²) >= 11 is 0. The van der Waals surface area contributed by atoms with Crippen molar-refractivity contribution in [2.75, 3.05) is 0 Å². The maximum absolute atomic E-state index is 11.7. The molecule has 2 aliphatic heterocycles. The minimum Gasteiger partial charge on any atom is -0.493 e. The van der Waals surface area contributed by atoms with Gasteiger partial charge >= 0.3 is 5.97 Å². The maximum Gasteiger partial charge on any atom is 0.309 e. The summed E-state index contributed by atoms with van der Waals surface area (Å²) in [5.74, 6) is -0.176. The minimum atomic E-state index is -0.660. The van der Waals surface area contributed by atoms with E-state index in [4.69, 9.17) is 4.74 Å². The van der Waals surface area contributed by atoms with Gasteiger partial charge in [0.15, 0.2) is 5.60 Å². The number of hydrogen-bond acceptors (Lipinski definition) is 5. The van der Waals surface area contributed by atoms with E-state index in [1.165, 1.54) is 0 Å². The van der Waals surface area contributed by atoms with Gasteiger partial charge in [-0.3, -0.25) is 4.79 Å². The summed E-state index contributed by atoms with van der Waals surface area (Å²) in [4.78, 5) is 19.4. The van der Waals surface area contributed by atoms with Gasteiger partial charge < -0.3 is 9.84 Å². The molecule has 1 radical (unpaired) electrons. The Balaban J connectivity index is 2.08. The highest BCUT2D eigenvalue weighted by Crippen LogP contribution is 2.48. The fourth-order valence-electron chi connectivity index (χ4n) is 2.82. The van der Waals surface area contributed by atoms with Crippen LogP contribution < -0.4 is 0 Å². The number of ether oxygens (including phenoxy) is 1. The number of carbonyl (C=O) groups is 1. The van der Waals surface area contributed by atoms with Crippen molar-refractivity contribution in [3.05, 3.63) is 17.6 Å². The third-order valence-corrected chi connectivity index (χ3v) is 3.86. The Morgan fingerprint density at radius 3 is 2.76 bits per heavy atom. The molecule has 0 unspecified atom stereocenters. The molecule has 5 heteroatoms. The molecule has 1 aromatic rings. The lowest BCUT2D eigenvalue weighted by Gasteiger charge is -2.44. The number of fused-ring (bicyclic) bond motifs is 3. The van der Waals surface area contributed by atoms with Crippen LogP contribution in [0.5, 0.6) is 5.88 Å². The van der Waals surface area contributed by atoms with Crippen LogP contribution in [0.1, 0.15) is 36.9 Å². The quantitative estimate of drug-likeness (QED) is 0.739. The third-order valence-electron chi connectivity index (χ3n) is 3.86. The molecule has 2 bridgehead atoms. The monoisotopic (exact) mass is 233 g/mol. The van der Waals surface area contributed by atoms with Gasteiger partial charge in [-0.15, -0.1) is 0 Å². The van der Waals surface area contributed by atoms with Gasteiger partial charge in [0.1, 0.15) is 0 Å². The van der Waals surface area contributed by atoms with Crippen LogP contribution in [0.25, 0.3) is 0 Å². The Morgan fingerprint density at radius 2 is 2.12 bits per heavy atom. The van der Waals surface area contributed by atoms with Crippen LogP contribution in [0.2, 0.25) is 0 Å². The standard InChI is InChI=1S/C12H13N2O3/c1-7-9(13-6-14-10(7)15)12-4-2-8(3-5-12)11(16)17-12/h8H,2-5H2,1H3,(H,13,14,15). The highest BCUT2D eigenvalue weighted by Gasteiger charge is 2.50. The smallest absolute Gasteiger partial charge is 0.309 e. The van der Waals surface area contributed by atoms with Gasteiger partial charge in [-0.05, 0) is 32.6 Å². The second-order valence-electron chi connectivity index (χ2n) is 4.81. The van der Waals surface area contributed by atoms with Gasteiger partial charge in [0, 0.05) is 5.56 Å². The summed E-state index contributed by atoms with van der Waals surface area (Å²) in [6.45, 7) is 1.74. The van der Waals surface area contributed by atoms with E-state index in [1.807, 2.05) is 0 Å². The molecular formula is C12H13N2O3. The van der Waals surface area contributed by atoms with Gasteiger partial charge in [0.25, 0.3) is 0 Å². The summed E-state index contributed by atoms with van der Waals surface area (Å²) in [7, 11) is 0. The van der Waals surface area contributed by atoms with Crippen LogP contribution in [0.4, 0.5) is 0 Å². The van der Waals surface area contributed by atoms with Crippen LogP contribution in [0, 0.1) is 19.2 Å². The van der Waals surface area contributed by atoms with Crippen LogP contribution in [-0.2, 0) is 15.1 Å². The predicted molar refractivity (Wildman–Crippen MR) is 57.0 cm³/mol. The third kappa shape index (κ3) is 1.41. The van der Waals surface area contributed by atoms with Gasteiger partial charge in [0.2, 0.25) is 12.2 Å². The predicted octanol–water partition coefficient (Wildman–Crippen LogP) is 1.23. The molecule has 0 spiro atoms. The molecule has 17 heavy (non-hydrogen) atoms. The Bertz CT molecular complexity index is 479.